The summed E-state index contributed by atoms with van der Waals surface area (Å²) in [5, 5.41) is 0. The third-order valence-corrected chi connectivity index (χ3v) is 4.00. The third-order valence-electron chi connectivity index (χ3n) is 3.50. The molecular formula is C15H31KO4P-. The summed E-state index contributed by atoms with van der Waals surface area (Å²) in [5.74, 6) is 0. The Balaban J connectivity index is 0. The van der Waals surface area contributed by atoms with E-state index in [2.05, 4.69) is 11.4 Å². The number of phosphoric ester groups is 1. The minimum absolute atomic E-state index is 0. The van der Waals surface area contributed by atoms with Gasteiger partial charge in [0.1, 0.15) is 0 Å². The molecule has 0 aromatic carbocycles. The molecular weight excluding hydrogens is 314 g/mol. The van der Waals surface area contributed by atoms with Crippen LogP contribution >= 0.6 is 7.82 Å². The van der Waals surface area contributed by atoms with Crippen LogP contribution in [0.1, 0.15) is 90.4 Å². The molecule has 0 spiro atoms. The van der Waals surface area contributed by atoms with Crippen LogP contribution in [-0.2, 0) is 9.09 Å². The summed E-state index contributed by atoms with van der Waals surface area (Å²) < 4.78 is 14.4. The van der Waals surface area contributed by atoms with Crippen molar-refractivity contribution in [1.82, 2.24) is 0 Å². The van der Waals surface area contributed by atoms with Crippen molar-refractivity contribution in [2.24, 2.45) is 0 Å². The maximum Gasteiger partial charge on any atom is 1.00 e. The van der Waals surface area contributed by atoms with Crippen molar-refractivity contribution >= 4 is 7.82 Å². The fourth-order valence-electron chi connectivity index (χ4n) is 2.30. The molecule has 0 aliphatic rings. The molecule has 0 amide bonds. The molecule has 0 radical (unpaired) electrons. The molecule has 4 nitrogen and oxygen atoms in total. The number of unbranched alkanes of at least 4 members (excludes halogenated alkanes) is 12. The fraction of sp³-hybridized carbons (Fsp3) is 1.00. The normalized spacial score (nSPS) is 11.4. The van der Waals surface area contributed by atoms with Crippen LogP contribution < -0.4 is 61.2 Å². The molecule has 0 aliphatic heterocycles. The van der Waals surface area contributed by atoms with Crippen LogP contribution in [0.4, 0.5) is 0 Å². The Bertz CT molecular complexity index is 246. The Morgan fingerprint density at radius 3 is 1.38 bits per heavy atom. The van der Waals surface area contributed by atoms with Crippen molar-refractivity contribution in [3.63, 3.8) is 0 Å². The number of hydrogen-bond acceptors (Lipinski definition) is 4. The molecule has 0 N–H and O–H groups in total. The quantitative estimate of drug-likeness (QED) is 0.251. The fourth-order valence-corrected chi connectivity index (χ4v) is 2.65. The van der Waals surface area contributed by atoms with Crippen LogP contribution in [0, 0.1) is 0 Å². The molecule has 0 aromatic rings. The van der Waals surface area contributed by atoms with Gasteiger partial charge in [0, 0.05) is 0 Å². The van der Waals surface area contributed by atoms with Crippen molar-refractivity contribution < 1.29 is 70.3 Å². The van der Waals surface area contributed by atoms with Gasteiger partial charge in [0.15, 0.2) is 0 Å². The van der Waals surface area contributed by atoms with E-state index in [0.29, 0.717) is 6.42 Å². The molecule has 0 aromatic heterocycles. The molecule has 0 rings (SSSR count). The van der Waals surface area contributed by atoms with E-state index in [-0.39, 0.29) is 58.0 Å². The van der Waals surface area contributed by atoms with Gasteiger partial charge in [-0.3, -0.25) is 0 Å². The molecule has 0 saturated carbocycles. The van der Waals surface area contributed by atoms with E-state index in [4.69, 9.17) is 0 Å². The SMILES string of the molecule is CCCCCCCCCCCCCCCOP(=O)([O-])[O-].[K+]. The zero-order valence-electron chi connectivity index (χ0n) is 14.0. The van der Waals surface area contributed by atoms with E-state index >= 15 is 0 Å². The second kappa shape index (κ2) is 18.1. The smallest absolute Gasteiger partial charge is 0.790 e. The minimum Gasteiger partial charge on any atom is -0.790 e. The standard InChI is InChI=1S/C15H33O4P.K/c1-2-3-4-5-6-7-8-9-10-11-12-13-14-15-19-20(16,17)18;/h2-15H2,1H3,(H2,16,17,18);/q;+1/p-2. The molecule has 0 heterocycles. The first-order valence-electron chi connectivity index (χ1n) is 8.23. The second-order valence-corrected chi connectivity index (χ2v) is 6.68. The van der Waals surface area contributed by atoms with E-state index in [1.807, 2.05) is 0 Å². The van der Waals surface area contributed by atoms with Crippen LogP contribution in [0.2, 0.25) is 0 Å². The Morgan fingerprint density at radius 2 is 1.05 bits per heavy atom. The van der Waals surface area contributed by atoms with Crippen LogP contribution in [-0.4, -0.2) is 6.61 Å². The summed E-state index contributed by atoms with van der Waals surface area (Å²) in [4.78, 5) is 20.4. The maximum absolute atomic E-state index is 10.2. The summed E-state index contributed by atoms with van der Waals surface area (Å²) in [6.45, 7) is 2.29. The van der Waals surface area contributed by atoms with Gasteiger partial charge in [-0.2, -0.15) is 0 Å². The first-order chi connectivity index (χ1) is 9.56. The minimum atomic E-state index is -4.75. The molecule has 21 heavy (non-hydrogen) atoms. The molecule has 0 unspecified atom stereocenters. The van der Waals surface area contributed by atoms with E-state index in [1.54, 1.807) is 0 Å². The summed E-state index contributed by atoms with van der Waals surface area (Å²) >= 11 is 0. The van der Waals surface area contributed by atoms with Gasteiger partial charge in [0.25, 0.3) is 0 Å². The third kappa shape index (κ3) is 24.1. The van der Waals surface area contributed by atoms with Crippen molar-refractivity contribution in [2.45, 2.75) is 90.4 Å². The zero-order valence-corrected chi connectivity index (χ0v) is 18.0. The van der Waals surface area contributed by atoms with Crippen LogP contribution in [0.15, 0.2) is 0 Å². The van der Waals surface area contributed by atoms with Crippen LogP contribution in [0.25, 0.3) is 0 Å². The predicted molar refractivity (Wildman–Crippen MR) is 79.3 cm³/mol. The Labute approximate surface area is 173 Å². The van der Waals surface area contributed by atoms with E-state index < -0.39 is 7.82 Å². The number of rotatable bonds is 15. The van der Waals surface area contributed by atoms with Crippen LogP contribution in [0.3, 0.4) is 0 Å². The van der Waals surface area contributed by atoms with Crippen LogP contribution in [0.5, 0.6) is 0 Å². The summed E-state index contributed by atoms with van der Waals surface area (Å²) in [6.07, 6.45) is 16.0. The number of hydrogen-bond donors (Lipinski definition) is 0. The van der Waals surface area contributed by atoms with Gasteiger partial charge in [-0.1, -0.05) is 84.0 Å². The molecule has 122 valence electrons. The number of phosphoric acid groups is 1. The largest absolute Gasteiger partial charge is 1.00 e. The molecule has 6 heteroatoms. The Kier molecular flexibility index (Phi) is 21.5. The van der Waals surface area contributed by atoms with E-state index in [9.17, 15) is 14.4 Å². The van der Waals surface area contributed by atoms with E-state index in [1.165, 1.54) is 64.2 Å². The monoisotopic (exact) mass is 345 g/mol. The van der Waals surface area contributed by atoms with Gasteiger partial charge < -0.3 is 18.9 Å². The van der Waals surface area contributed by atoms with Gasteiger partial charge in [-0.25, -0.2) is 0 Å². The average Bonchev–Trinajstić information content (AvgIpc) is 2.38. The van der Waals surface area contributed by atoms with Crippen molar-refractivity contribution in [1.29, 1.82) is 0 Å². The molecule has 0 bridgehead atoms. The second-order valence-electron chi connectivity index (χ2n) is 5.52. The predicted octanol–water partition coefficient (Wildman–Crippen LogP) is 0.927. The van der Waals surface area contributed by atoms with Gasteiger partial charge in [0.05, 0.1) is 14.4 Å². The molecule has 0 saturated heterocycles. The van der Waals surface area contributed by atoms with E-state index in [0.717, 1.165) is 12.8 Å². The van der Waals surface area contributed by atoms with Gasteiger partial charge in [-0.15, -0.1) is 0 Å². The first-order valence-corrected chi connectivity index (χ1v) is 9.69. The van der Waals surface area contributed by atoms with Crippen molar-refractivity contribution in [3.8, 4) is 0 Å². The molecule has 0 atom stereocenters. The molecule has 0 fully saturated rings. The maximum atomic E-state index is 10.2. The zero-order chi connectivity index (χ0) is 15.1. The topological polar surface area (TPSA) is 72.4 Å². The average molecular weight is 345 g/mol. The first kappa shape index (κ1) is 25.0. The van der Waals surface area contributed by atoms with Gasteiger partial charge in [0.2, 0.25) is 0 Å². The van der Waals surface area contributed by atoms with Crippen molar-refractivity contribution in [2.75, 3.05) is 6.61 Å². The Morgan fingerprint density at radius 1 is 0.714 bits per heavy atom. The van der Waals surface area contributed by atoms with Crippen molar-refractivity contribution in [3.05, 3.63) is 0 Å². The Hall–Kier alpha value is 1.75. The summed E-state index contributed by atoms with van der Waals surface area (Å²) in [5.41, 5.74) is 0. The van der Waals surface area contributed by atoms with Gasteiger partial charge in [-0.05, 0) is 6.42 Å². The molecule has 0 aliphatic carbocycles. The summed E-state index contributed by atoms with van der Waals surface area (Å²) in [6, 6.07) is 0. The van der Waals surface area contributed by atoms with Gasteiger partial charge >= 0.3 is 51.4 Å². The summed E-state index contributed by atoms with van der Waals surface area (Å²) in [7, 11) is -4.75.